The van der Waals surface area contributed by atoms with E-state index in [9.17, 15) is 0 Å². The van der Waals surface area contributed by atoms with Crippen LogP contribution in [-0.2, 0) is 0 Å². The van der Waals surface area contributed by atoms with E-state index in [4.69, 9.17) is 0 Å². The second-order valence-corrected chi connectivity index (χ2v) is 6.63. The minimum atomic E-state index is 0. The summed E-state index contributed by atoms with van der Waals surface area (Å²) in [5, 5.41) is 0. The molecule has 0 radical (unpaired) electrons. The summed E-state index contributed by atoms with van der Waals surface area (Å²) in [4.78, 5) is 0. The topological polar surface area (TPSA) is 35.0 Å². The quantitative estimate of drug-likeness (QED) is 0.503. The van der Waals surface area contributed by atoms with Gasteiger partial charge in [-0.2, -0.15) is 0 Å². The molecule has 0 aromatic rings. The van der Waals surface area contributed by atoms with Gasteiger partial charge in [-0.1, -0.05) is 110 Å². The Morgan fingerprint density at radius 2 is 0.632 bits per heavy atom. The average Bonchev–Trinajstić information content (AvgIpc) is 2.37. The molecule has 0 bridgehead atoms. The first-order valence-corrected chi connectivity index (χ1v) is 8.89. The fourth-order valence-corrected chi connectivity index (χ4v) is 3.25. The molecule has 0 aromatic carbocycles. The lowest BCUT2D eigenvalue weighted by Crippen LogP contribution is -1.95. The minimum Gasteiger partial charge on any atom is -0.344 e. The Balaban J connectivity index is 0.00000324. The Morgan fingerprint density at radius 1 is 0.421 bits per heavy atom. The van der Waals surface area contributed by atoms with Gasteiger partial charge in [-0.15, -0.1) is 0 Å². The second-order valence-electron chi connectivity index (χ2n) is 6.63. The standard InChI is InChI=1S/C18H36.H3N/c1-18-16-14-12-10-8-6-4-2-3-5-7-9-11-13-15-17-18;/h18H,2-17H2,1H3;1H3. The summed E-state index contributed by atoms with van der Waals surface area (Å²) >= 11 is 0. The van der Waals surface area contributed by atoms with E-state index in [1.165, 1.54) is 103 Å². The molecule has 0 heterocycles. The molecule has 1 heteroatoms. The summed E-state index contributed by atoms with van der Waals surface area (Å²) < 4.78 is 0. The Morgan fingerprint density at radius 3 is 0.895 bits per heavy atom. The summed E-state index contributed by atoms with van der Waals surface area (Å²) in [7, 11) is 0. The third-order valence-corrected chi connectivity index (χ3v) is 4.64. The lowest BCUT2D eigenvalue weighted by Gasteiger charge is -2.10. The van der Waals surface area contributed by atoms with E-state index < -0.39 is 0 Å². The van der Waals surface area contributed by atoms with E-state index in [1.54, 1.807) is 0 Å². The SMILES string of the molecule is CC1CCCCCCCCCCCCCCCC1.N. The van der Waals surface area contributed by atoms with E-state index in [0.717, 1.165) is 5.92 Å². The van der Waals surface area contributed by atoms with Crippen LogP contribution in [0.1, 0.15) is 110 Å². The van der Waals surface area contributed by atoms with Crippen LogP contribution in [0.25, 0.3) is 0 Å². The molecular weight excluding hydrogens is 230 g/mol. The van der Waals surface area contributed by atoms with Crippen LogP contribution in [0, 0.1) is 5.92 Å². The first-order valence-electron chi connectivity index (χ1n) is 8.89. The van der Waals surface area contributed by atoms with Crippen LogP contribution >= 0.6 is 0 Å². The first-order chi connectivity index (χ1) is 8.89. The van der Waals surface area contributed by atoms with E-state index in [2.05, 4.69) is 6.92 Å². The molecule has 0 aromatic heterocycles. The Kier molecular flexibility index (Phi) is 14.3. The van der Waals surface area contributed by atoms with Crippen LogP contribution in [-0.4, -0.2) is 0 Å². The van der Waals surface area contributed by atoms with E-state index in [-0.39, 0.29) is 6.15 Å². The van der Waals surface area contributed by atoms with Gasteiger partial charge in [0.25, 0.3) is 0 Å². The normalized spacial score (nSPS) is 23.2. The van der Waals surface area contributed by atoms with Gasteiger partial charge in [0.15, 0.2) is 0 Å². The van der Waals surface area contributed by atoms with Gasteiger partial charge in [0.2, 0.25) is 0 Å². The Hall–Kier alpha value is -0.0400. The van der Waals surface area contributed by atoms with Gasteiger partial charge >= 0.3 is 0 Å². The molecule has 0 aliphatic heterocycles. The van der Waals surface area contributed by atoms with E-state index in [1.807, 2.05) is 0 Å². The largest absolute Gasteiger partial charge is 0.344 e. The van der Waals surface area contributed by atoms with Crippen LogP contribution in [0.15, 0.2) is 0 Å². The third kappa shape index (κ3) is 12.7. The summed E-state index contributed by atoms with van der Waals surface area (Å²) in [6.45, 7) is 2.47. The smallest absolute Gasteiger partial charge is 0.0443 e. The van der Waals surface area contributed by atoms with Gasteiger partial charge in [0.05, 0.1) is 0 Å². The Bertz CT molecular complexity index is 149. The van der Waals surface area contributed by atoms with Crippen molar-refractivity contribution in [3.05, 3.63) is 0 Å². The molecule has 3 N–H and O–H groups in total. The van der Waals surface area contributed by atoms with Crippen molar-refractivity contribution in [2.24, 2.45) is 5.92 Å². The molecule has 1 fully saturated rings. The molecule has 0 amide bonds. The second kappa shape index (κ2) is 14.4. The maximum absolute atomic E-state index is 2.47. The zero-order valence-corrected chi connectivity index (χ0v) is 13.6. The molecule has 1 saturated carbocycles. The average molecular weight is 270 g/mol. The molecule has 1 aliphatic carbocycles. The molecular formula is C18H39N. The van der Waals surface area contributed by atoms with E-state index in [0.29, 0.717) is 0 Å². The maximum Gasteiger partial charge on any atom is -0.0443 e. The highest BCUT2D eigenvalue weighted by atomic mass is 14.1. The highest BCUT2D eigenvalue weighted by molar-refractivity contribution is 4.56. The van der Waals surface area contributed by atoms with Gasteiger partial charge in [-0.05, 0) is 5.92 Å². The lowest BCUT2D eigenvalue weighted by molar-refractivity contribution is 0.432. The zero-order valence-electron chi connectivity index (χ0n) is 13.6. The van der Waals surface area contributed by atoms with Crippen LogP contribution in [0.4, 0.5) is 0 Å². The van der Waals surface area contributed by atoms with Gasteiger partial charge < -0.3 is 6.15 Å². The van der Waals surface area contributed by atoms with Crippen LogP contribution in [0.2, 0.25) is 0 Å². The summed E-state index contributed by atoms with van der Waals surface area (Å²) in [6.07, 6.45) is 23.9. The molecule has 19 heavy (non-hydrogen) atoms. The van der Waals surface area contributed by atoms with Crippen molar-refractivity contribution in [1.82, 2.24) is 6.15 Å². The molecule has 0 spiro atoms. The maximum atomic E-state index is 2.47. The summed E-state index contributed by atoms with van der Waals surface area (Å²) in [5.74, 6) is 0.987. The van der Waals surface area contributed by atoms with Crippen molar-refractivity contribution in [1.29, 1.82) is 0 Å². The molecule has 0 saturated heterocycles. The van der Waals surface area contributed by atoms with Crippen molar-refractivity contribution in [3.8, 4) is 0 Å². The summed E-state index contributed by atoms with van der Waals surface area (Å²) in [6, 6.07) is 0. The van der Waals surface area contributed by atoms with Crippen LogP contribution in [0.5, 0.6) is 0 Å². The number of hydrogen-bond donors (Lipinski definition) is 1. The summed E-state index contributed by atoms with van der Waals surface area (Å²) in [5.41, 5.74) is 0. The van der Waals surface area contributed by atoms with Crippen LogP contribution < -0.4 is 6.15 Å². The molecule has 1 aliphatic rings. The monoisotopic (exact) mass is 269 g/mol. The molecule has 1 nitrogen and oxygen atoms in total. The van der Waals surface area contributed by atoms with Crippen molar-refractivity contribution < 1.29 is 0 Å². The predicted octanol–water partition coefficient (Wildman–Crippen LogP) is 7.04. The lowest BCUT2D eigenvalue weighted by atomic mass is 9.96. The predicted molar refractivity (Wildman–Crippen MR) is 88.1 cm³/mol. The van der Waals surface area contributed by atoms with Crippen LogP contribution in [0.3, 0.4) is 0 Å². The van der Waals surface area contributed by atoms with Crippen molar-refractivity contribution in [2.75, 3.05) is 0 Å². The zero-order chi connectivity index (χ0) is 12.9. The van der Waals surface area contributed by atoms with E-state index >= 15 is 0 Å². The molecule has 0 atom stereocenters. The fourth-order valence-electron chi connectivity index (χ4n) is 3.25. The first kappa shape index (κ1) is 19.0. The Labute approximate surface area is 122 Å². The van der Waals surface area contributed by atoms with Gasteiger partial charge in [0.1, 0.15) is 0 Å². The fraction of sp³-hybridized carbons (Fsp3) is 1.00. The number of hydrogen-bond acceptors (Lipinski definition) is 1. The highest BCUT2D eigenvalue weighted by Gasteiger charge is 2.02. The minimum absolute atomic E-state index is 0. The van der Waals surface area contributed by atoms with Gasteiger partial charge in [-0.3, -0.25) is 0 Å². The molecule has 116 valence electrons. The van der Waals surface area contributed by atoms with Gasteiger partial charge in [0, 0.05) is 0 Å². The van der Waals surface area contributed by atoms with Crippen molar-refractivity contribution >= 4 is 0 Å². The van der Waals surface area contributed by atoms with Crippen molar-refractivity contribution in [3.63, 3.8) is 0 Å². The highest BCUT2D eigenvalue weighted by Crippen LogP contribution is 2.19. The molecule has 1 rings (SSSR count). The third-order valence-electron chi connectivity index (χ3n) is 4.64. The van der Waals surface area contributed by atoms with Crippen molar-refractivity contribution in [2.45, 2.75) is 110 Å². The molecule has 0 unspecified atom stereocenters. The number of rotatable bonds is 0. The van der Waals surface area contributed by atoms with Gasteiger partial charge in [-0.25, -0.2) is 0 Å².